The van der Waals surface area contributed by atoms with Crippen molar-refractivity contribution in [3.8, 4) is 0 Å². The minimum atomic E-state index is -6.02. The van der Waals surface area contributed by atoms with Gasteiger partial charge < -0.3 is 0 Å². The van der Waals surface area contributed by atoms with Crippen LogP contribution >= 0.6 is 0 Å². The first-order valence-corrected chi connectivity index (χ1v) is 7.89. The number of hydrogen-bond donors (Lipinski definition) is 0. The summed E-state index contributed by atoms with van der Waals surface area (Å²) in [6.07, 6.45) is 0. The van der Waals surface area contributed by atoms with Gasteiger partial charge in [-0.25, -0.2) is 0 Å². The van der Waals surface area contributed by atoms with Gasteiger partial charge in [-0.05, 0) is 0 Å². The Kier molecular flexibility index (Phi) is 11.2. The van der Waals surface area contributed by atoms with E-state index in [0.29, 0.717) is 0 Å². The van der Waals surface area contributed by atoms with Crippen LogP contribution in [-0.4, -0.2) is 0 Å². The molecule has 11 heavy (non-hydrogen) atoms. The standard InChI is InChI=1S/Hf.2Mo.8O/q+4;;;;;;;4*-1. The molecule has 0 amide bonds. The van der Waals surface area contributed by atoms with Crippen LogP contribution in [-0.2, 0) is 72.9 Å². The van der Waals surface area contributed by atoms with Crippen molar-refractivity contribution in [2.45, 2.75) is 0 Å². The van der Waals surface area contributed by atoms with Gasteiger partial charge in [-0.1, -0.05) is 0 Å². The molecule has 0 atom stereocenters. The fourth-order valence-electron chi connectivity index (χ4n) is 0. The molecule has 0 saturated carbocycles. The summed E-state index contributed by atoms with van der Waals surface area (Å²) in [7, 11) is 0. The van der Waals surface area contributed by atoms with E-state index in [0.717, 1.165) is 0 Å². The van der Waals surface area contributed by atoms with Crippen LogP contribution < -0.4 is 15.0 Å². The van der Waals surface area contributed by atoms with E-state index in [1.165, 1.54) is 0 Å². The van der Waals surface area contributed by atoms with Gasteiger partial charge in [-0.2, -0.15) is 0 Å². The molecule has 0 radical (unpaired) electrons. The van der Waals surface area contributed by atoms with E-state index in [9.17, 15) is 0 Å². The van der Waals surface area contributed by atoms with Crippen molar-refractivity contribution in [2.24, 2.45) is 0 Å². The molecule has 0 spiro atoms. The second kappa shape index (κ2) is 6.77. The van der Waals surface area contributed by atoms with Crippen molar-refractivity contribution >= 4 is 0 Å². The molecule has 0 saturated heterocycles. The topological polar surface area (TPSA) is 161 Å². The van der Waals surface area contributed by atoms with E-state index < -0.39 is 33.5 Å². The summed E-state index contributed by atoms with van der Waals surface area (Å²) in [6, 6.07) is 0. The number of rotatable bonds is 0. The molecule has 64 valence electrons. The van der Waals surface area contributed by atoms with Crippen molar-refractivity contribution in [3.05, 3.63) is 0 Å². The summed E-state index contributed by atoms with van der Waals surface area (Å²) in [5.74, 6) is 0. The molecule has 0 unspecified atom stereocenters. The Morgan fingerprint density at radius 3 is 0.636 bits per heavy atom. The molecule has 11 heteroatoms. The fraction of sp³-hybridized carbons (Fsp3) is 0. The summed E-state index contributed by atoms with van der Waals surface area (Å²) in [5, 5.41) is 0. The monoisotopic (exact) mass is 504 g/mol. The van der Waals surface area contributed by atoms with Gasteiger partial charge in [0.05, 0.1) is 0 Å². The van der Waals surface area contributed by atoms with Crippen LogP contribution in [0.5, 0.6) is 0 Å². The Hall–Kier alpha value is 1.29. The fourth-order valence-corrected chi connectivity index (χ4v) is 0. The van der Waals surface area contributed by atoms with Crippen LogP contribution in [0.3, 0.4) is 0 Å². The van der Waals surface area contributed by atoms with Gasteiger partial charge in [0.2, 0.25) is 0 Å². The van der Waals surface area contributed by atoms with Gasteiger partial charge in [0.25, 0.3) is 0 Å². The molecule has 0 aromatic rings. The van der Waals surface area contributed by atoms with E-state index in [1.807, 2.05) is 0 Å². The molecule has 0 aromatic carbocycles. The first kappa shape index (κ1) is 18.1. The summed E-state index contributed by atoms with van der Waals surface area (Å²) in [4.78, 5) is 0. The maximum absolute atomic E-state index is 8.63. The molecular weight excluding hydrogens is 498 g/mol. The predicted octanol–water partition coefficient (Wildman–Crippen LogP) is -5.24. The molecule has 0 aliphatic carbocycles. The van der Waals surface area contributed by atoms with E-state index in [1.54, 1.807) is 0 Å². The Morgan fingerprint density at radius 2 is 0.636 bits per heavy atom. The molecule has 0 bridgehead atoms. The molecule has 0 heterocycles. The molecule has 0 rings (SSSR count). The molecule has 0 aromatic heterocycles. The maximum atomic E-state index is 8.63. The third-order valence-corrected chi connectivity index (χ3v) is 0. The van der Waals surface area contributed by atoms with Gasteiger partial charge >= 0.3 is 88.0 Å². The Labute approximate surface area is 87.1 Å². The average molecular weight is 498 g/mol. The molecule has 0 fully saturated rings. The van der Waals surface area contributed by atoms with Crippen molar-refractivity contribution in [3.63, 3.8) is 0 Å². The third-order valence-electron chi connectivity index (χ3n) is 0. The van der Waals surface area contributed by atoms with Gasteiger partial charge in [-0.15, -0.1) is 0 Å². The van der Waals surface area contributed by atoms with Crippen LogP contribution in [0.2, 0.25) is 0 Å². The summed E-state index contributed by atoms with van der Waals surface area (Å²) in [5.41, 5.74) is 0. The third kappa shape index (κ3) is 588. The first-order valence-electron chi connectivity index (χ1n) is 1.33. The van der Waals surface area contributed by atoms with Gasteiger partial charge in [-0.3, -0.25) is 0 Å². The van der Waals surface area contributed by atoms with Gasteiger partial charge in [0.1, 0.15) is 0 Å². The van der Waals surface area contributed by atoms with Crippen LogP contribution in [0.4, 0.5) is 0 Å². The minimum absolute atomic E-state index is 0. The Balaban J connectivity index is -0.000000107. The molecule has 8 nitrogen and oxygen atoms in total. The Morgan fingerprint density at radius 1 is 0.636 bits per heavy atom. The number of hydrogen-bond acceptors (Lipinski definition) is 8. The Bertz CT molecular complexity index is 208. The zero-order valence-corrected chi connectivity index (χ0v) is 12.2. The van der Waals surface area contributed by atoms with E-state index >= 15 is 0 Å². The van der Waals surface area contributed by atoms with Crippen molar-refractivity contribution in [2.75, 3.05) is 0 Å². The van der Waals surface area contributed by atoms with Crippen molar-refractivity contribution in [1.29, 1.82) is 0 Å². The first-order chi connectivity index (χ1) is 4.00. The quantitative estimate of drug-likeness (QED) is 0.300. The van der Waals surface area contributed by atoms with E-state index in [-0.39, 0.29) is 25.8 Å². The predicted molar refractivity (Wildman–Crippen MR) is 2.75 cm³/mol. The zero-order chi connectivity index (χ0) is 9.00. The summed E-state index contributed by atoms with van der Waals surface area (Å²) in [6.45, 7) is 0. The van der Waals surface area contributed by atoms with Crippen LogP contribution in [0.25, 0.3) is 0 Å². The van der Waals surface area contributed by atoms with Crippen LogP contribution in [0, 0.1) is 0 Å². The molecule has 0 aliphatic rings. The SMILES string of the molecule is [Hf+4].[O]=[Mo](=[O])([O-])[O-].[O]=[Mo](=[O])([O-])[O-]. The van der Waals surface area contributed by atoms with Crippen molar-refractivity contribution < 1.29 is 88.0 Å². The summed E-state index contributed by atoms with van der Waals surface area (Å²) < 4.78 is 69.0. The molecular formula is HfMo2O8. The van der Waals surface area contributed by atoms with E-state index in [2.05, 4.69) is 0 Å². The average Bonchev–Trinajstić information content (AvgIpc) is 1.12. The normalized spacial score (nSPS) is 10.5. The second-order valence-electron chi connectivity index (χ2n) is 0.816. The summed E-state index contributed by atoms with van der Waals surface area (Å²) >= 11 is -12.0. The van der Waals surface area contributed by atoms with Gasteiger partial charge in [0.15, 0.2) is 0 Å². The molecule has 0 N–H and O–H groups in total. The second-order valence-corrected chi connectivity index (χ2v) is 4.83. The molecule has 0 aliphatic heterocycles. The zero-order valence-electron chi connectivity index (χ0n) is 4.58. The van der Waals surface area contributed by atoms with Gasteiger partial charge in [0, 0.05) is 0 Å². The van der Waals surface area contributed by atoms with Crippen molar-refractivity contribution in [1.82, 2.24) is 0 Å². The van der Waals surface area contributed by atoms with E-state index in [4.69, 9.17) is 28.6 Å². The van der Waals surface area contributed by atoms with Crippen LogP contribution in [0.1, 0.15) is 0 Å². The van der Waals surface area contributed by atoms with Crippen LogP contribution in [0.15, 0.2) is 0 Å².